The fourth-order valence-corrected chi connectivity index (χ4v) is 4.78. The molecule has 1 amide bonds. The quantitative estimate of drug-likeness (QED) is 0.628. The number of amides is 1. The number of nitrogens with zero attached hydrogens (tertiary/aromatic N) is 2. The number of hydrogen-bond donors (Lipinski definition) is 1. The highest BCUT2D eigenvalue weighted by molar-refractivity contribution is 7.89. The Morgan fingerprint density at radius 3 is 2.03 bits per heavy atom. The predicted molar refractivity (Wildman–Crippen MR) is 120 cm³/mol. The maximum atomic E-state index is 12.7. The maximum absolute atomic E-state index is 12.7. The van der Waals surface area contributed by atoms with Crippen LogP contribution in [-0.2, 0) is 10.0 Å². The van der Waals surface area contributed by atoms with E-state index < -0.39 is 15.9 Å². The van der Waals surface area contributed by atoms with Crippen LogP contribution in [0, 0.1) is 0 Å². The lowest BCUT2D eigenvalue weighted by Gasteiger charge is -2.21. The number of sulfonamides is 1. The molecule has 0 bridgehead atoms. The Bertz CT molecular complexity index is 938. The molecule has 0 fully saturated rings. The van der Waals surface area contributed by atoms with Crippen LogP contribution in [0.2, 0.25) is 5.02 Å². The van der Waals surface area contributed by atoms with E-state index in [1.165, 1.54) is 22.5 Å². The standard InChI is InChI=1S/C21H28ClN3O3S/c1-5-24(6-2)17-11-9-16(10-12-17)23-21(26)19-15-18(13-14-20(19)22)29(27,28)25(7-3)8-4/h9-15H,5-8H2,1-4H3,(H,23,26). The van der Waals surface area contributed by atoms with Crippen molar-refractivity contribution in [3.05, 3.63) is 53.1 Å². The molecule has 6 nitrogen and oxygen atoms in total. The number of hydrogen-bond acceptors (Lipinski definition) is 4. The molecule has 2 rings (SSSR count). The first-order valence-electron chi connectivity index (χ1n) is 9.74. The highest BCUT2D eigenvalue weighted by atomic mass is 35.5. The van der Waals surface area contributed by atoms with E-state index in [1.54, 1.807) is 13.8 Å². The predicted octanol–water partition coefficient (Wildman–Crippen LogP) is 4.47. The molecule has 0 atom stereocenters. The Balaban J connectivity index is 2.27. The molecule has 0 aromatic heterocycles. The van der Waals surface area contributed by atoms with Crippen LogP contribution in [0.5, 0.6) is 0 Å². The van der Waals surface area contributed by atoms with Crippen molar-refractivity contribution in [1.29, 1.82) is 0 Å². The van der Waals surface area contributed by atoms with E-state index in [0.717, 1.165) is 18.8 Å². The molecule has 158 valence electrons. The third kappa shape index (κ3) is 5.29. The van der Waals surface area contributed by atoms with Gasteiger partial charge < -0.3 is 10.2 Å². The lowest BCUT2D eigenvalue weighted by molar-refractivity contribution is 0.102. The summed E-state index contributed by atoms with van der Waals surface area (Å²) in [6, 6.07) is 11.7. The maximum Gasteiger partial charge on any atom is 0.257 e. The lowest BCUT2D eigenvalue weighted by Crippen LogP contribution is -2.30. The van der Waals surface area contributed by atoms with Crippen LogP contribution in [0.15, 0.2) is 47.4 Å². The second-order valence-electron chi connectivity index (χ2n) is 6.40. The number of rotatable bonds is 9. The van der Waals surface area contributed by atoms with Gasteiger partial charge in [0.05, 0.1) is 15.5 Å². The van der Waals surface area contributed by atoms with Crippen LogP contribution in [0.25, 0.3) is 0 Å². The molecule has 0 aliphatic heterocycles. The normalized spacial score (nSPS) is 11.5. The summed E-state index contributed by atoms with van der Waals surface area (Å²) in [6.07, 6.45) is 0. The number of carbonyl (C=O) groups excluding carboxylic acids is 1. The van der Waals surface area contributed by atoms with Gasteiger partial charge in [-0.05, 0) is 56.3 Å². The molecule has 29 heavy (non-hydrogen) atoms. The first-order chi connectivity index (χ1) is 13.8. The summed E-state index contributed by atoms with van der Waals surface area (Å²) >= 11 is 6.18. The number of benzene rings is 2. The SMILES string of the molecule is CCN(CC)c1ccc(NC(=O)c2cc(S(=O)(=O)N(CC)CC)ccc2Cl)cc1. The van der Waals surface area contributed by atoms with Crippen LogP contribution in [-0.4, -0.2) is 44.8 Å². The van der Waals surface area contributed by atoms with E-state index in [0.29, 0.717) is 18.8 Å². The van der Waals surface area contributed by atoms with Crippen molar-refractivity contribution < 1.29 is 13.2 Å². The second-order valence-corrected chi connectivity index (χ2v) is 8.75. The molecule has 0 spiro atoms. The zero-order valence-electron chi connectivity index (χ0n) is 17.3. The van der Waals surface area contributed by atoms with Gasteiger partial charge in [-0.3, -0.25) is 4.79 Å². The average molecular weight is 438 g/mol. The fraction of sp³-hybridized carbons (Fsp3) is 0.381. The fourth-order valence-electron chi connectivity index (χ4n) is 3.09. The highest BCUT2D eigenvalue weighted by Crippen LogP contribution is 2.25. The van der Waals surface area contributed by atoms with Gasteiger partial charge in [0.1, 0.15) is 0 Å². The van der Waals surface area contributed by atoms with E-state index in [9.17, 15) is 13.2 Å². The minimum Gasteiger partial charge on any atom is -0.372 e. The molecule has 0 radical (unpaired) electrons. The molecule has 0 aliphatic carbocycles. The third-order valence-electron chi connectivity index (χ3n) is 4.78. The average Bonchev–Trinajstić information content (AvgIpc) is 2.71. The van der Waals surface area contributed by atoms with Crippen molar-refractivity contribution in [2.24, 2.45) is 0 Å². The van der Waals surface area contributed by atoms with Crippen molar-refractivity contribution in [3.8, 4) is 0 Å². The Kier molecular flexibility index (Phi) is 8.07. The summed E-state index contributed by atoms with van der Waals surface area (Å²) in [7, 11) is -3.68. The first-order valence-corrected chi connectivity index (χ1v) is 11.6. The van der Waals surface area contributed by atoms with Gasteiger partial charge in [-0.2, -0.15) is 4.31 Å². The number of nitrogens with one attached hydrogen (secondary N) is 1. The first kappa shape index (κ1) is 23.2. The molecule has 0 unspecified atom stereocenters. The Labute approximate surface area is 178 Å². The number of anilines is 2. The van der Waals surface area contributed by atoms with Crippen molar-refractivity contribution in [2.75, 3.05) is 36.4 Å². The smallest absolute Gasteiger partial charge is 0.257 e. The highest BCUT2D eigenvalue weighted by Gasteiger charge is 2.24. The molecule has 0 heterocycles. The summed E-state index contributed by atoms with van der Waals surface area (Å²) in [5, 5.41) is 2.98. The molecular formula is C21H28ClN3O3S. The van der Waals surface area contributed by atoms with Gasteiger partial charge in [0.15, 0.2) is 0 Å². The molecule has 0 saturated heterocycles. The summed E-state index contributed by atoms with van der Waals surface area (Å²) in [4.78, 5) is 15.0. The van der Waals surface area contributed by atoms with Crippen LogP contribution in [0.1, 0.15) is 38.1 Å². The van der Waals surface area contributed by atoms with Crippen molar-refractivity contribution in [2.45, 2.75) is 32.6 Å². The van der Waals surface area contributed by atoms with Gasteiger partial charge in [0.2, 0.25) is 10.0 Å². The Morgan fingerprint density at radius 2 is 1.52 bits per heavy atom. The monoisotopic (exact) mass is 437 g/mol. The van der Waals surface area contributed by atoms with Crippen molar-refractivity contribution >= 4 is 38.9 Å². The van der Waals surface area contributed by atoms with Gasteiger partial charge in [0, 0.05) is 37.6 Å². The van der Waals surface area contributed by atoms with Gasteiger partial charge in [0.25, 0.3) is 5.91 Å². The largest absolute Gasteiger partial charge is 0.372 e. The zero-order valence-corrected chi connectivity index (χ0v) is 18.8. The molecule has 8 heteroatoms. The van der Waals surface area contributed by atoms with Gasteiger partial charge in [-0.25, -0.2) is 8.42 Å². The molecule has 2 aromatic rings. The molecule has 1 N–H and O–H groups in total. The van der Waals surface area contributed by atoms with E-state index >= 15 is 0 Å². The van der Waals surface area contributed by atoms with E-state index in [1.807, 2.05) is 24.3 Å². The van der Waals surface area contributed by atoms with Crippen molar-refractivity contribution in [1.82, 2.24) is 4.31 Å². The number of halogens is 1. The Morgan fingerprint density at radius 1 is 0.931 bits per heavy atom. The third-order valence-corrected chi connectivity index (χ3v) is 7.15. The summed E-state index contributed by atoms with van der Waals surface area (Å²) in [5.41, 5.74) is 1.80. The zero-order chi connectivity index (χ0) is 21.6. The number of carbonyl (C=O) groups is 1. The minimum atomic E-state index is -3.68. The topological polar surface area (TPSA) is 69.7 Å². The summed E-state index contributed by atoms with van der Waals surface area (Å²) < 4.78 is 26.8. The minimum absolute atomic E-state index is 0.0487. The van der Waals surface area contributed by atoms with E-state index in [2.05, 4.69) is 24.1 Å². The van der Waals surface area contributed by atoms with Crippen LogP contribution < -0.4 is 10.2 Å². The summed E-state index contributed by atoms with van der Waals surface area (Å²) in [6.45, 7) is 10.2. The van der Waals surface area contributed by atoms with Crippen LogP contribution >= 0.6 is 11.6 Å². The van der Waals surface area contributed by atoms with Crippen molar-refractivity contribution in [3.63, 3.8) is 0 Å². The molecule has 0 saturated carbocycles. The van der Waals surface area contributed by atoms with Gasteiger partial charge >= 0.3 is 0 Å². The molecular weight excluding hydrogens is 410 g/mol. The van der Waals surface area contributed by atoms with E-state index in [4.69, 9.17) is 11.6 Å². The lowest BCUT2D eigenvalue weighted by atomic mass is 10.2. The van der Waals surface area contributed by atoms with Gasteiger partial charge in [-0.15, -0.1) is 0 Å². The molecule has 2 aromatic carbocycles. The Hall–Kier alpha value is -2.09. The van der Waals surface area contributed by atoms with E-state index in [-0.39, 0.29) is 15.5 Å². The van der Waals surface area contributed by atoms with Crippen LogP contribution in [0.4, 0.5) is 11.4 Å². The summed E-state index contributed by atoms with van der Waals surface area (Å²) in [5.74, 6) is -0.456. The molecule has 0 aliphatic rings. The van der Waals surface area contributed by atoms with Gasteiger partial charge in [-0.1, -0.05) is 25.4 Å². The van der Waals surface area contributed by atoms with Crippen LogP contribution in [0.3, 0.4) is 0 Å². The second kappa shape index (κ2) is 10.1.